The summed E-state index contributed by atoms with van der Waals surface area (Å²) in [5.74, 6) is -3.70. The summed E-state index contributed by atoms with van der Waals surface area (Å²) in [5.41, 5.74) is -3.04. The first-order chi connectivity index (χ1) is 32.4. The number of nitrogens with one attached hydrogen (secondary N) is 1. The van der Waals surface area contributed by atoms with Gasteiger partial charge in [0.05, 0.1) is 66.9 Å². The van der Waals surface area contributed by atoms with Crippen molar-refractivity contribution in [1.82, 2.24) is 0 Å². The average Bonchev–Trinajstić information content (AvgIpc) is 3.27. The van der Waals surface area contributed by atoms with Gasteiger partial charge in [0.2, 0.25) is 0 Å². The number of anilines is 1. The molecule has 0 aromatic heterocycles. The van der Waals surface area contributed by atoms with Crippen LogP contribution in [0.2, 0.25) is 0 Å². The summed E-state index contributed by atoms with van der Waals surface area (Å²) in [7, 11) is -24.6. The molecule has 0 unspecified atom stereocenters. The molecular weight excluding hydrogens is 1240 g/mol. The van der Waals surface area contributed by atoms with Gasteiger partial charge in [0.15, 0.2) is 50.1 Å². The van der Waals surface area contributed by atoms with Gasteiger partial charge in [-0.05, 0) is 60.0 Å². The van der Waals surface area contributed by atoms with Gasteiger partial charge >= 0.3 is 177 Å². The number of benzene rings is 5. The Bertz CT molecular complexity index is 3380. The molecule has 0 fully saturated rings. The number of hydrogen-bond acceptors (Lipinski definition) is 33. The normalized spacial score (nSPS) is 12.0. The summed E-state index contributed by atoms with van der Waals surface area (Å²) < 4.78 is 183. The number of aromatic hydroxyl groups is 1. The molecule has 0 bridgehead atoms. The summed E-state index contributed by atoms with van der Waals surface area (Å²) in [6, 6.07) is 10.2. The summed E-state index contributed by atoms with van der Waals surface area (Å²) >= 11 is 0.0713. The van der Waals surface area contributed by atoms with Crippen LogP contribution < -0.4 is 198 Å². The van der Waals surface area contributed by atoms with Crippen LogP contribution in [0.15, 0.2) is 112 Å². The maximum atomic E-state index is 12.9. The van der Waals surface area contributed by atoms with E-state index in [4.69, 9.17) is 4.18 Å². The van der Waals surface area contributed by atoms with Gasteiger partial charge in [-0.25, -0.2) is 42.1 Å². The molecule has 376 valence electrons. The largest absolute Gasteiger partial charge is 1.00 e. The van der Waals surface area contributed by atoms with E-state index in [0.29, 0.717) is 6.07 Å². The van der Waals surface area contributed by atoms with E-state index in [2.05, 4.69) is 58.1 Å². The van der Waals surface area contributed by atoms with Crippen LogP contribution in [0.3, 0.4) is 0 Å². The minimum atomic E-state index is -5.57. The summed E-state index contributed by atoms with van der Waals surface area (Å²) in [4.78, 5) is -3.78. The Labute approximate surface area is 571 Å². The molecule has 30 nitrogen and oxygen atoms in total. The van der Waals surface area contributed by atoms with Crippen LogP contribution in [-0.4, -0.2) is 91.5 Å². The number of fused-ring (bicyclic) bond motifs is 2. The fourth-order valence-corrected chi connectivity index (χ4v) is 10.9. The number of nitrogens with zero attached hydrogens (tertiary/aromatic N) is 4. The zero-order valence-electron chi connectivity index (χ0n) is 39.2. The monoisotopic (exact) mass is 1260 g/mol. The molecule has 0 radical (unpaired) electrons. The van der Waals surface area contributed by atoms with E-state index in [-0.39, 0.29) is 246 Å². The van der Waals surface area contributed by atoms with E-state index in [9.17, 15) is 76.6 Å². The second-order valence-corrected chi connectivity index (χ2v) is 22.7. The van der Waals surface area contributed by atoms with Gasteiger partial charge in [-0.2, -0.15) is 4.33 Å². The number of hydrogen-bond donors (Lipinski definition) is 2. The molecule has 0 saturated carbocycles. The van der Waals surface area contributed by atoms with E-state index in [1.165, 1.54) is 6.07 Å². The second-order valence-electron chi connectivity index (χ2n) is 12.7. The SMILES string of the molecule is O=S(=O)([O-])CNc1ccc2c(O)c(N=Nc3ccc4cc(S(=O)(=O)CCOSOO[O-])ccc4c3S(=O)(=O)[O-])c(SOO[O-])cc2c1N=Nc1ccc(S(=O)(=O)CCOSOO[O-])cc1S(=O)(=O)[O-].[Na+].[Na+].[Na+].[Na+].[Na+].[Na+]. The van der Waals surface area contributed by atoms with Crippen LogP contribution in [0.5, 0.6) is 5.75 Å². The van der Waals surface area contributed by atoms with Crippen LogP contribution in [0.25, 0.3) is 21.5 Å². The molecule has 5 aromatic rings. The zero-order valence-corrected chi connectivity index (χ0v) is 57.7. The van der Waals surface area contributed by atoms with Crippen molar-refractivity contribution in [3.05, 3.63) is 66.7 Å². The topological polar surface area (TPSA) is 465 Å². The number of phenolic OH excluding ortho intramolecular Hbond substituents is 1. The molecule has 5 rings (SSSR count). The summed E-state index contributed by atoms with van der Waals surface area (Å²) in [6.07, 6.45) is 0. The van der Waals surface area contributed by atoms with Gasteiger partial charge in [0.25, 0.3) is 0 Å². The zero-order chi connectivity index (χ0) is 50.8. The van der Waals surface area contributed by atoms with Crippen molar-refractivity contribution in [3.63, 3.8) is 0 Å². The second kappa shape index (κ2) is 35.7. The van der Waals surface area contributed by atoms with Gasteiger partial charge < -0.3 is 39.9 Å². The number of azo groups is 2. The van der Waals surface area contributed by atoms with Crippen molar-refractivity contribution in [2.45, 2.75) is 24.5 Å². The first kappa shape index (κ1) is 78.7. The molecule has 75 heavy (non-hydrogen) atoms. The predicted molar refractivity (Wildman–Crippen MR) is 222 cm³/mol. The van der Waals surface area contributed by atoms with Crippen LogP contribution >= 0.6 is 36.7 Å². The molecule has 0 spiro atoms. The standard InChI is InChI=1S/C31H29N5O25S8.6Na/c37-30-21-5-8-24(32-16-67(45,46)47)28(35-33-23-7-3-19(14-27(23)68(48,49)50)66(43,44)12-10-55-64-61-58-40)22(21)15-26(62-59-56-38)29(30)36-34-25-6-1-17-13-18(2-4-20(17)31(25)69(51,52)53)65(41,42)11-9-54-63-60-57-39;;;;;;/h1-8,13-15,32,37-40H,9-12,16H2,(H,45,46,47)(H,48,49,50)(H,51,52,53);;;;;;/q;6*+1/p-6. The van der Waals surface area contributed by atoms with Gasteiger partial charge in [0, 0.05) is 16.2 Å². The third-order valence-electron chi connectivity index (χ3n) is 8.48. The Hall–Kier alpha value is 1.66. The smallest absolute Gasteiger partial charge is 0.747 e. The van der Waals surface area contributed by atoms with Crippen molar-refractivity contribution in [3.8, 4) is 5.75 Å². The minimum Gasteiger partial charge on any atom is -0.747 e. The third kappa shape index (κ3) is 23.0. The van der Waals surface area contributed by atoms with E-state index in [1.54, 1.807) is 0 Å². The number of sulfone groups is 2. The van der Waals surface area contributed by atoms with Crippen molar-refractivity contribution in [2.24, 2.45) is 20.5 Å². The Morgan fingerprint density at radius 3 is 1.59 bits per heavy atom. The van der Waals surface area contributed by atoms with Crippen LogP contribution in [0.1, 0.15) is 0 Å². The van der Waals surface area contributed by atoms with Crippen molar-refractivity contribution < 1.29 is 290 Å². The van der Waals surface area contributed by atoms with Crippen molar-refractivity contribution >= 4 is 137 Å². The molecule has 0 heterocycles. The summed E-state index contributed by atoms with van der Waals surface area (Å²) in [6.45, 7) is -1.12. The van der Waals surface area contributed by atoms with Gasteiger partial charge in [0.1, 0.15) is 59.0 Å². The first-order valence-corrected chi connectivity index (χ1v) is 27.2. The van der Waals surface area contributed by atoms with E-state index >= 15 is 0 Å². The molecule has 5 aromatic carbocycles. The molecular formula is C31H23N5Na6O25S8. The maximum absolute atomic E-state index is 12.9. The van der Waals surface area contributed by atoms with E-state index in [0.717, 1.165) is 54.6 Å². The van der Waals surface area contributed by atoms with Crippen LogP contribution in [-0.2, 0) is 86.5 Å². The van der Waals surface area contributed by atoms with Crippen LogP contribution in [0.4, 0.5) is 28.4 Å². The number of rotatable bonds is 26. The Morgan fingerprint density at radius 1 is 0.547 bits per heavy atom. The quantitative estimate of drug-likeness (QED) is 0.00987. The van der Waals surface area contributed by atoms with Gasteiger partial charge in [-0.15, -0.1) is 29.1 Å². The van der Waals surface area contributed by atoms with Gasteiger partial charge in [-0.3, -0.25) is 23.5 Å². The van der Waals surface area contributed by atoms with Crippen molar-refractivity contribution in [1.29, 1.82) is 0 Å². The van der Waals surface area contributed by atoms with E-state index in [1.807, 2.05) is 0 Å². The third-order valence-corrected chi connectivity index (χ3v) is 15.5. The Kier molecular flexibility index (Phi) is 37.5. The minimum absolute atomic E-state index is 0. The maximum Gasteiger partial charge on any atom is 1.00 e. The Balaban J connectivity index is 0. The molecule has 0 saturated heterocycles. The molecule has 0 aliphatic rings. The molecule has 0 atom stereocenters. The summed E-state index contributed by atoms with van der Waals surface area (Å²) in [5, 5.41) is 68.3. The molecule has 2 N–H and O–H groups in total. The number of phenols is 1. The van der Waals surface area contributed by atoms with E-state index < -0.39 is 129 Å². The molecule has 0 amide bonds. The molecule has 44 heteroatoms. The van der Waals surface area contributed by atoms with Crippen molar-refractivity contribution in [2.75, 3.05) is 35.9 Å². The fraction of sp³-hybridized carbons (Fsp3) is 0.161. The molecule has 0 aliphatic heterocycles. The van der Waals surface area contributed by atoms with Crippen LogP contribution in [0, 0.1) is 0 Å². The fourth-order valence-electron chi connectivity index (χ4n) is 5.67. The first-order valence-electron chi connectivity index (χ1n) is 17.5. The molecule has 0 aliphatic carbocycles. The predicted octanol–water partition coefficient (Wildman–Crippen LogP) is -16.3. The van der Waals surface area contributed by atoms with Gasteiger partial charge in [-0.1, -0.05) is 12.1 Å². The average molecular weight is 1260 g/mol. The Morgan fingerprint density at radius 2 is 1.05 bits per heavy atom.